The van der Waals surface area contributed by atoms with Crippen molar-refractivity contribution in [2.24, 2.45) is 0 Å². The van der Waals surface area contributed by atoms with Crippen LogP contribution in [0.25, 0.3) is 10.9 Å². The van der Waals surface area contributed by atoms with E-state index in [0.29, 0.717) is 32.6 Å². The van der Waals surface area contributed by atoms with Crippen LogP contribution in [0.5, 0.6) is 0 Å². The average molecular weight is 453 g/mol. The van der Waals surface area contributed by atoms with E-state index >= 15 is 0 Å². The van der Waals surface area contributed by atoms with Crippen molar-refractivity contribution < 1.29 is 9.59 Å². The summed E-state index contributed by atoms with van der Waals surface area (Å²) in [7, 11) is 0. The first kappa shape index (κ1) is 22.6. The summed E-state index contributed by atoms with van der Waals surface area (Å²) in [5, 5.41) is 3.25. The molecule has 1 N–H and O–H groups in total. The molecule has 1 saturated heterocycles. The van der Waals surface area contributed by atoms with Crippen molar-refractivity contribution in [3.8, 4) is 0 Å². The Morgan fingerprint density at radius 3 is 2.69 bits per heavy atom. The molecule has 0 spiro atoms. The number of amides is 2. The van der Waals surface area contributed by atoms with Crippen LogP contribution < -0.4 is 0 Å². The van der Waals surface area contributed by atoms with Gasteiger partial charge in [0.15, 0.2) is 0 Å². The number of likely N-dealkylation sites (N-methyl/N-ethyl adjacent to an activating group) is 1. The second-order valence-electron chi connectivity index (χ2n) is 8.28. The van der Waals surface area contributed by atoms with Crippen molar-refractivity contribution in [2.45, 2.75) is 32.7 Å². The molecule has 3 aromatic rings. The lowest BCUT2D eigenvalue weighted by molar-refractivity contribution is -0.148. The van der Waals surface area contributed by atoms with E-state index in [1.54, 1.807) is 11.3 Å². The van der Waals surface area contributed by atoms with Gasteiger partial charge in [-0.1, -0.05) is 24.3 Å². The summed E-state index contributed by atoms with van der Waals surface area (Å²) in [5.41, 5.74) is 2.45. The molecule has 3 heterocycles. The number of carbonyl (C=O) groups is 2. The maximum absolute atomic E-state index is 13.3. The lowest BCUT2D eigenvalue weighted by Crippen LogP contribution is -2.61. The number of hydrogen-bond acceptors (Lipinski definition) is 4. The topological polar surface area (TPSA) is 59.7 Å². The van der Waals surface area contributed by atoms with E-state index < -0.39 is 6.04 Å². The van der Waals surface area contributed by atoms with E-state index in [1.165, 1.54) is 10.9 Å². The van der Waals surface area contributed by atoms with Crippen LogP contribution in [0, 0.1) is 0 Å². The van der Waals surface area contributed by atoms with Crippen molar-refractivity contribution in [1.82, 2.24) is 19.7 Å². The largest absolute Gasteiger partial charge is 0.361 e. The fraction of sp³-hybridized carbons (Fsp3) is 0.440. The molecule has 0 saturated carbocycles. The highest BCUT2D eigenvalue weighted by molar-refractivity contribution is 7.10. The summed E-state index contributed by atoms with van der Waals surface area (Å²) in [5.74, 6) is 0.112. The zero-order valence-electron chi connectivity index (χ0n) is 18.9. The van der Waals surface area contributed by atoms with E-state index in [1.807, 2.05) is 47.2 Å². The van der Waals surface area contributed by atoms with Crippen LogP contribution in [0.1, 0.15) is 24.3 Å². The average Bonchev–Trinajstić information content (AvgIpc) is 3.48. The monoisotopic (exact) mass is 452 g/mol. The molecular weight excluding hydrogens is 420 g/mol. The van der Waals surface area contributed by atoms with Gasteiger partial charge in [-0.2, -0.15) is 0 Å². The lowest BCUT2D eigenvalue weighted by atomic mass is 10.1. The van der Waals surface area contributed by atoms with Gasteiger partial charge in [0.05, 0.1) is 6.42 Å². The van der Waals surface area contributed by atoms with Crippen molar-refractivity contribution in [3.05, 3.63) is 58.4 Å². The number of benzene rings is 1. The molecular formula is C25H32N4O2S. The van der Waals surface area contributed by atoms with Gasteiger partial charge in [0.2, 0.25) is 11.8 Å². The van der Waals surface area contributed by atoms with Crippen molar-refractivity contribution >= 4 is 34.1 Å². The molecule has 1 aromatic carbocycles. The highest BCUT2D eigenvalue weighted by atomic mass is 32.1. The highest BCUT2D eigenvalue weighted by Crippen LogP contribution is 2.20. The summed E-state index contributed by atoms with van der Waals surface area (Å²) >= 11 is 1.59. The van der Waals surface area contributed by atoms with Crippen molar-refractivity contribution in [1.29, 1.82) is 0 Å². The minimum Gasteiger partial charge on any atom is -0.361 e. The summed E-state index contributed by atoms with van der Waals surface area (Å²) < 4.78 is 0. The molecule has 1 atom stereocenters. The number of piperazine rings is 1. The van der Waals surface area contributed by atoms with Crippen LogP contribution in [0.4, 0.5) is 0 Å². The van der Waals surface area contributed by atoms with Gasteiger partial charge in [0, 0.05) is 61.2 Å². The van der Waals surface area contributed by atoms with E-state index in [9.17, 15) is 9.59 Å². The first-order valence-electron chi connectivity index (χ1n) is 11.5. The Bertz CT molecular complexity index is 1040. The Morgan fingerprint density at radius 1 is 1.12 bits per heavy atom. The Kier molecular flexibility index (Phi) is 7.27. The molecule has 6 nitrogen and oxygen atoms in total. The zero-order valence-corrected chi connectivity index (χ0v) is 19.7. The Hall–Kier alpha value is -2.64. The Morgan fingerprint density at radius 2 is 1.94 bits per heavy atom. The Labute approximate surface area is 193 Å². The van der Waals surface area contributed by atoms with E-state index in [-0.39, 0.29) is 11.8 Å². The van der Waals surface area contributed by atoms with Gasteiger partial charge in [-0.3, -0.25) is 14.5 Å². The van der Waals surface area contributed by atoms with Gasteiger partial charge < -0.3 is 14.8 Å². The number of nitrogens with one attached hydrogen (secondary N) is 1. The molecule has 1 fully saturated rings. The third kappa shape index (κ3) is 4.89. The number of rotatable bonds is 8. The van der Waals surface area contributed by atoms with Gasteiger partial charge in [0.25, 0.3) is 0 Å². The molecule has 1 unspecified atom stereocenters. The van der Waals surface area contributed by atoms with E-state index in [4.69, 9.17) is 0 Å². The zero-order chi connectivity index (χ0) is 22.5. The summed E-state index contributed by atoms with van der Waals surface area (Å²) in [6, 6.07) is 11.9. The molecule has 2 aromatic heterocycles. The van der Waals surface area contributed by atoms with Crippen molar-refractivity contribution in [3.63, 3.8) is 0 Å². The minimum atomic E-state index is -0.418. The third-order valence-corrected chi connectivity index (χ3v) is 7.30. The molecule has 7 heteroatoms. The summed E-state index contributed by atoms with van der Waals surface area (Å²) in [4.78, 5) is 36.8. The van der Waals surface area contributed by atoms with Crippen LogP contribution >= 0.6 is 11.3 Å². The lowest BCUT2D eigenvalue weighted by Gasteiger charge is -2.42. The van der Waals surface area contributed by atoms with Crippen LogP contribution in [0.15, 0.2) is 48.0 Å². The molecule has 4 rings (SSSR count). The molecule has 0 radical (unpaired) electrons. The second kappa shape index (κ2) is 10.3. The molecule has 1 aliphatic rings. The number of aromatic amines is 1. The number of hydrogen-bond donors (Lipinski definition) is 1. The van der Waals surface area contributed by atoms with Crippen LogP contribution in [-0.2, 0) is 22.4 Å². The predicted octanol–water partition coefficient (Wildman–Crippen LogP) is 3.40. The van der Waals surface area contributed by atoms with Gasteiger partial charge in [0.1, 0.15) is 6.04 Å². The number of H-pyrrole nitrogens is 1. The minimum absolute atomic E-state index is 0.0502. The normalized spacial score (nSPS) is 17.1. The fourth-order valence-electron chi connectivity index (χ4n) is 4.58. The predicted molar refractivity (Wildman–Crippen MR) is 130 cm³/mol. The standard InChI is InChI=1S/C25H32N4O2S/c1-3-28(4-2)25(31)23-18-27(12-11-19-17-26-22-10-6-5-9-21(19)22)13-14-29(23)24(30)16-20-8-7-15-32-20/h5-10,15,17,23,26H,3-4,11-14,16,18H2,1-2H3. The molecule has 0 bridgehead atoms. The fourth-order valence-corrected chi connectivity index (χ4v) is 5.28. The first-order chi connectivity index (χ1) is 15.6. The number of thiophene rings is 1. The maximum Gasteiger partial charge on any atom is 0.246 e. The number of aromatic nitrogens is 1. The SMILES string of the molecule is CCN(CC)C(=O)C1CN(CCc2c[nH]c3ccccc23)CCN1C(=O)Cc1cccs1. The molecule has 1 aliphatic heterocycles. The summed E-state index contributed by atoms with van der Waals surface area (Å²) in [6.07, 6.45) is 3.37. The number of para-hydroxylation sites is 1. The maximum atomic E-state index is 13.3. The first-order valence-corrected chi connectivity index (χ1v) is 12.4. The van der Waals surface area contributed by atoms with E-state index in [0.717, 1.165) is 29.9 Å². The smallest absolute Gasteiger partial charge is 0.246 e. The van der Waals surface area contributed by atoms with Crippen molar-refractivity contribution in [2.75, 3.05) is 39.3 Å². The molecule has 2 amide bonds. The highest BCUT2D eigenvalue weighted by Gasteiger charge is 2.36. The number of carbonyl (C=O) groups excluding carboxylic acids is 2. The van der Waals surface area contributed by atoms with Gasteiger partial charge in [-0.05, 0) is 43.3 Å². The number of nitrogens with zero attached hydrogens (tertiary/aromatic N) is 3. The van der Waals surface area contributed by atoms with Crippen LogP contribution in [0.2, 0.25) is 0 Å². The number of fused-ring (bicyclic) bond motifs is 1. The molecule has 170 valence electrons. The summed E-state index contributed by atoms with van der Waals surface area (Å²) in [6.45, 7) is 8.16. The van der Waals surface area contributed by atoms with Crippen LogP contribution in [0.3, 0.4) is 0 Å². The second-order valence-corrected chi connectivity index (χ2v) is 9.31. The molecule has 0 aliphatic carbocycles. The Balaban J connectivity index is 1.46. The van der Waals surface area contributed by atoms with E-state index in [2.05, 4.69) is 34.3 Å². The quantitative estimate of drug-likeness (QED) is 0.570. The third-order valence-electron chi connectivity index (χ3n) is 6.42. The van der Waals surface area contributed by atoms with Gasteiger partial charge in [-0.15, -0.1) is 11.3 Å². The molecule has 32 heavy (non-hydrogen) atoms. The van der Waals surface area contributed by atoms with Gasteiger partial charge >= 0.3 is 0 Å². The van der Waals surface area contributed by atoms with Crippen LogP contribution in [-0.4, -0.2) is 76.8 Å². The van der Waals surface area contributed by atoms with Gasteiger partial charge in [-0.25, -0.2) is 0 Å².